The number of carbonyl (C=O) groups is 1. The number of halogens is 1. The van der Waals surface area contributed by atoms with Crippen molar-refractivity contribution < 1.29 is 22.3 Å². The van der Waals surface area contributed by atoms with Crippen molar-refractivity contribution in [2.45, 2.75) is 38.8 Å². The van der Waals surface area contributed by atoms with Gasteiger partial charge < -0.3 is 15.4 Å². The van der Waals surface area contributed by atoms with Gasteiger partial charge in [-0.25, -0.2) is 27.8 Å². The second kappa shape index (κ2) is 8.94. The van der Waals surface area contributed by atoms with Crippen LogP contribution in [0.25, 0.3) is 10.3 Å². The van der Waals surface area contributed by atoms with E-state index in [9.17, 15) is 17.6 Å². The summed E-state index contributed by atoms with van der Waals surface area (Å²) < 4.78 is 42.5. The van der Waals surface area contributed by atoms with Crippen LogP contribution in [0.4, 0.5) is 15.9 Å². The topological polar surface area (TPSA) is 123 Å². The summed E-state index contributed by atoms with van der Waals surface area (Å²) in [4.78, 5) is 26.0. The zero-order chi connectivity index (χ0) is 22.9. The number of aromatic nitrogens is 3. The first-order chi connectivity index (χ1) is 15.2. The lowest BCUT2D eigenvalue weighted by atomic mass is 10.1. The van der Waals surface area contributed by atoms with Crippen molar-refractivity contribution in [3.8, 4) is 5.75 Å². The Kier molecular flexibility index (Phi) is 6.24. The van der Waals surface area contributed by atoms with Crippen LogP contribution in [0.15, 0.2) is 24.5 Å². The average Bonchev–Trinajstić information content (AvgIpc) is 3.17. The lowest BCUT2D eigenvalue weighted by molar-refractivity contribution is 0.0934. The number of hydrogen-bond acceptors (Lipinski definition) is 9. The highest BCUT2D eigenvalue weighted by atomic mass is 32.2. The van der Waals surface area contributed by atoms with E-state index in [1.165, 1.54) is 24.5 Å². The Labute approximate surface area is 188 Å². The van der Waals surface area contributed by atoms with Crippen molar-refractivity contribution in [1.82, 2.24) is 20.3 Å². The van der Waals surface area contributed by atoms with Gasteiger partial charge in [-0.3, -0.25) is 4.79 Å². The molecule has 0 atom stereocenters. The molecule has 1 saturated heterocycles. The van der Waals surface area contributed by atoms with Crippen molar-refractivity contribution >= 4 is 48.9 Å². The maximum Gasteiger partial charge on any atom is 0.280 e. The van der Waals surface area contributed by atoms with Gasteiger partial charge in [0.05, 0.1) is 23.3 Å². The fourth-order valence-corrected chi connectivity index (χ4v) is 5.60. The Morgan fingerprint density at radius 3 is 2.72 bits per heavy atom. The molecule has 170 valence electrons. The summed E-state index contributed by atoms with van der Waals surface area (Å²) in [6.07, 6.45) is 1.96. The van der Waals surface area contributed by atoms with E-state index >= 15 is 0 Å². The minimum absolute atomic E-state index is 0.0653. The van der Waals surface area contributed by atoms with Crippen molar-refractivity contribution in [3.63, 3.8) is 0 Å². The number of thiazole rings is 1. The predicted octanol–water partition coefficient (Wildman–Crippen LogP) is 3.06. The molecule has 9 nitrogen and oxygen atoms in total. The van der Waals surface area contributed by atoms with Gasteiger partial charge in [0.2, 0.25) is 0 Å². The third kappa shape index (κ3) is 5.13. The van der Waals surface area contributed by atoms with Crippen molar-refractivity contribution in [1.29, 1.82) is 0 Å². The molecule has 2 aromatic heterocycles. The van der Waals surface area contributed by atoms with Crippen LogP contribution in [0.5, 0.6) is 5.75 Å². The summed E-state index contributed by atoms with van der Waals surface area (Å²) >= 11 is 1.11. The molecule has 12 heteroatoms. The molecular formula is C20H22FN5O4S2. The summed E-state index contributed by atoms with van der Waals surface area (Å²) in [6.45, 7) is 3.68. The Morgan fingerprint density at radius 1 is 1.25 bits per heavy atom. The van der Waals surface area contributed by atoms with E-state index in [0.29, 0.717) is 40.4 Å². The number of nitrogens with zero attached hydrogens (tertiary/aromatic N) is 3. The Hall–Kier alpha value is -2.86. The molecule has 0 radical (unpaired) electrons. The monoisotopic (exact) mass is 479 g/mol. The van der Waals surface area contributed by atoms with Gasteiger partial charge in [0.25, 0.3) is 5.91 Å². The van der Waals surface area contributed by atoms with Gasteiger partial charge in [-0.1, -0.05) is 11.3 Å². The fraction of sp³-hybridized carbons (Fsp3) is 0.400. The first-order valence-corrected chi connectivity index (χ1v) is 12.7. The standard InChI is InChI=1S/C20H22FN5O4S2/c1-11(2)30-15-9-12(21)3-4-14(15)25-17-16-19(23-10-22-17)31-20(26-16)18(27)24-13-5-7-32(28,29)8-6-13/h3-4,9-11,13H,5-8H2,1-2H3,(H,24,27)(H,22,23,25). The zero-order valence-corrected chi connectivity index (χ0v) is 19.1. The van der Waals surface area contributed by atoms with Crippen molar-refractivity contribution in [2.24, 2.45) is 0 Å². The molecule has 0 aliphatic carbocycles. The lowest BCUT2D eigenvalue weighted by Gasteiger charge is -2.22. The van der Waals surface area contributed by atoms with Crippen LogP contribution in [0.1, 0.15) is 36.5 Å². The summed E-state index contributed by atoms with van der Waals surface area (Å²) in [5, 5.41) is 6.15. The van der Waals surface area contributed by atoms with Gasteiger partial charge >= 0.3 is 0 Å². The largest absolute Gasteiger partial charge is 0.489 e. The number of ether oxygens (including phenoxy) is 1. The number of amides is 1. The molecule has 0 saturated carbocycles. The molecule has 2 N–H and O–H groups in total. The summed E-state index contributed by atoms with van der Waals surface area (Å²) in [5.74, 6) is 0.00322. The van der Waals surface area contributed by atoms with E-state index in [0.717, 1.165) is 11.3 Å². The second-order valence-corrected chi connectivity index (χ2v) is 11.0. The lowest BCUT2D eigenvalue weighted by Crippen LogP contribution is -2.40. The molecule has 32 heavy (non-hydrogen) atoms. The maximum atomic E-state index is 13.7. The van der Waals surface area contributed by atoms with Crippen LogP contribution in [-0.2, 0) is 9.84 Å². The number of rotatable bonds is 6. The summed E-state index contributed by atoms with van der Waals surface area (Å²) in [7, 11) is -3.01. The van der Waals surface area contributed by atoms with E-state index in [-0.39, 0.29) is 34.6 Å². The Balaban J connectivity index is 1.56. The summed E-state index contributed by atoms with van der Waals surface area (Å²) in [6, 6.07) is 3.91. The molecule has 1 aliphatic heterocycles. The number of fused-ring (bicyclic) bond motifs is 1. The number of nitrogens with one attached hydrogen (secondary N) is 2. The molecular weight excluding hydrogens is 457 g/mol. The van der Waals surface area contributed by atoms with Gasteiger partial charge in [-0.05, 0) is 38.8 Å². The molecule has 1 aromatic carbocycles. The van der Waals surface area contributed by atoms with Crippen molar-refractivity contribution in [2.75, 3.05) is 16.8 Å². The van der Waals surface area contributed by atoms with E-state index in [1.807, 2.05) is 13.8 Å². The molecule has 3 aromatic rings. The number of carbonyl (C=O) groups excluding carboxylic acids is 1. The van der Waals surface area contributed by atoms with Gasteiger partial charge in [-0.2, -0.15) is 0 Å². The van der Waals surface area contributed by atoms with E-state index in [1.54, 1.807) is 0 Å². The molecule has 0 spiro atoms. The van der Waals surface area contributed by atoms with Gasteiger partial charge in [0.15, 0.2) is 10.8 Å². The van der Waals surface area contributed by atoms with Gasteiger partial charge in [0, 0.05) is 12.1 Å². The quantitative estimate of drug-likeness (QED) is 0.553. The number of benzene rings is 1. The smallest absolute Gasteiger partial charge is 0.280 e. The van der Waals surface area contributed by atoms with Crippen LogP contribution in [0, 0.1) is 5.82 Å². The number of sulfone groups is 1. The molecule has 1 fully saturated rings. The maximum absolute atomic E-state index is 13.7. The van der Waals surface area contributed by atoms with Crippen molar-refractivity contribution in [3.05, 3.63) is 35.4 Å². The van der Waals surface area contributed by atoms with E-state index in [2.05, 4.69) is 25.6 Å². The van der Waals surface area contributed by atoms with Crippen LogP contribution in [0.2, 0.25) is 0 Å². The zero-order valence-electron chi connectivity index (χ0n) is 17.5. The van der Waals surface area contributed by atoms with Crippen LogP contribution in [0.3, 0.4) is 0 Å². The molecule has 3 heterocycles. The highest BCUT2D eigenvalue weighted by Crippen LogP contribution is 2.32. The normalized spacial score (nSPS) is 16.2. The SMILES string of the molecule is CC(C)Oc1cc(F)ccc1Nc1ncnc2sc(C(=O)NC3CCS(=O)(=O)CC3)nc12. The third-order valence-electron chi connectivity index (χ3n) is 4.84. The van der Waals surface area contributed by atoms with Crippen LogP contribution >= 0.6 is 11.3 Å². The molecule has 1 amide bonds. The highest BCUT2D eigenvalue weighted by molar-refractivity contribution is 7.91. The second-order valence-electron chi connectivity index (χ2n) is 7.73. The summed E-state index contributed by atoms with van der Waals surface area (Å²) in [5.41, 5.74) is 0.899. The fourth-order valence-electron chi connectivity index (χ4n) is 3.30. The van der Waals surface area contributed by atoms with Crippen LogP contribution in [-0.4, -0.2) is 52.9 Å². The Morgan fingerprint density at radius 2 is 2.00 bits per heavy atom. The minimum Gasteiger partial charge on any atom is -0.489 e. The third-order valence-corrected chi connectivity index (χ3v) is 7.52. The molecule has 4 rings (SSSR count). The Bertz CT molecular complexity index is 1250. The van der Waals surface area contributed by atoms with E-state index in [4.69, 9.17) is 4.74 Å². The number of hydrogen-bond donors (Lipinski definition) is 2. The number of anilines is 2. The van der Waals surface area contributed by atoms with Gasteiger partial charge in [0.1, 0.15) is 38.1 Å². The molecule has 1 aliphatic rings. The predicted molar refractivity (Wildman–Crippen MR) is 120 cm³/mol. The van der Waals surface area contributed by atoms with E-state index < -0.39 is 15.7 Å². The first kappa shape index (κ1) is 22.3. The molecule has 0 bridgehead atoms. The van der Waals surface area contributed by atoms with Gasteiger partial charge in [-0.15, -0.1) is 0 Å². The minimum atomic E-state index is -3.01. The average molecular weight is 480 g/mol. The van der Waals surface area contributed by atoms with Crippen LogP contribution < -0.4 is 15.4 Å². The first-order valence-electron chi connectivity index (χ1n) is 10.1. The highest BCUT2D eigenvalue weighted by Gasteiger charge is 2.26. The molecule has 0 unspecified atom stereocenters.